The maximum atomic E-state index is 11.4. The van der Waals surface area contributed by atoms with Crippen LogP contribution in [0.5, 0.6) is 0 Å². The summed E-state index contributed by atoms with van der Waals surface area (Å²) in [4.78, 5) is 11.4. The van der Waals surface area contributed by atoms with Gasteiger partial charge in [0.2, 0.25) is 0 Å². The van der Waals surface area contributed by atoms with Crippen molar-refractivity contribution in [2.24, 2.45) is 0 Å². The van der Waals surface area contributed by atoms with Crippen LogP contribution in [-0.2, 0) is 22.6 Å². The Kier molecular flexibility index (Phi) is 4.68. The topological polar surface area (TPSA) is 70.3 Å². The van der Waals surface area contributed by atoms with Gasteiger partial charge in [-0.2, -0.15) is 5.26 Å². The quantitative estimate of drug-likeness (QED) is 0.799. The summed E-state index contributed by atoms with van der Waals surface area (Å²) in [5, 5.41) is 18.2. The maximum absolute atomic E-state index is 11.4. The SMILES string of the molecule is CCOC(=O)Cc1ccc(CO)c(C)c1C#N. The van der Waals surface area contributed by atoms with Crippen molar-refractivity contribution in [1.29, 1.82) is 5.26 Å². The molecule has 0 unspecified atom stereocenters. The van der Waals surface area contributed by atoms with Crippen LogP contribution in [0.25, 0.3) is 0 Å². The Morgan fingerprint density at radius 1 is 1.47 bits per heavy atom. The molecule has 0 saturated heterocycles. The molecule has 0 saturated carbocycles. The molecule has 0 aliphatic heterocycles. The van der Waals surface area contributed by atoms with Gasteiger partial charge in [-0.1, -0.05) is 12.1 Å². The Morgan fingerprint density at radius 2 is 2.12 bits per heavy atom. The second-order valence-corrected chi connectivity index (χ2v) is 3.64. The van der Waals surface area contributed by atoms with E-state index in [-0.39, 0.29) is 19.0 Å². The van der Waals surface area contributed by atoms with Crippen molar-refractivity contribution in [1.82, 2.24) is 0 Å². The van der Waals surface area contributed by atoms with E-state index in [2.05, 4.69) is 6.07 Å². The largest absolute Gasteiger partial charge is 0.466 e. The zero-order chi connectivity index (χ0) is 12.8. The molecule has 90 valence electrons. The van der Waals surface area contributed by atoms with Crippen molar-refractivity contribution in [3.05, 3.63) is 34.4 Å². The highest BCUT2D eigenvalue weighted by Crippen LogP contribution is 2.19. The van der Waals surface area contributed by atoms with E-state index in [0.717, 1.165) is 5.56 Å². The standard InChI is InChI=1S/C13H15NO3/c1-3-17-13(16)6-10-4-5-11(8-15)9(2)12(10)7-14/h4-5,15H,3,6,8H2,1-2H3. The first-order valence-corrected chi connectivity index (χ1v) is 5.42. The Hall–Kier alpha value is -1.86. The molecule has 0 fully saturated rings. The highest BCUT2D eigenvalue weighted by Gasteiger charge is 2.12. The van der Waals surface area contributed by atoms with Crippen LogP contribution in [0.15, 0.2) is 12.1 Å². The highest BCUT2D eigenvalue weighted by molar-refractivity contribution is 5.74. The summed E-state index contributed by atoms with van der Waals surface area (Å²) in [6, 6.07) is 5.48. The van der Waals surface area contributed by atoms with Crippen LogP contribution in [0.4, 0.5) is 0 Å². The van der Waals surface area contributed by atoms with Gasteiger partial charge in [0, 0.05) is 0 Å². The fourth-order valence-electron chi connectivity index (χ4n) is 1.65. The van der Waals surface area contributed by atoms with Crippen molar-refractivity contribution in [2.45, 2.75) is 26.9 Å². The molecule has 0 aromatic heterocycles. The van der Waals surface area contributed by atoms with Gasteiger partial charge in [-0.25, -0.2) is 0 Å². The normalized spacial score (nSPS) is 9.76. The van der Waals surface area contributed by atoms with Crippen molar-refractivity contribution >= 4 is 5.97 Å². The third-order valence-electron chi connectivity index (χ3n) is 2.59. The van der Waals surface area contributed by atoms with Gasteiger partial charge in [-0.3, -0.25) is 4.79 Å². The molecule has 0 radical (unpaired) electrons. The average Bonchev–Trinajstić information content (AvgIpc) is 2.30. The number of nitrogens with zero attached hydrogens (tertiary/aromatic N) is 1. The fraction of sp³-hybridized carbons (Fsp3) is 0.385. The molecular formula is C13H15NO3. The Balaban J connectivity index is 3.06. The van der Waals surface area contributed by atoms with E-state index in [1.165, 1.54) is 0 Å². The molecule has 4 nitrogen and oxygen atoms in total. The summed E-state index contributed by atoms with van der Waals surface area (Å²) in [6.45, 7) is 3.72. The second-order valence-electron chi connectivity index (χ2n) is 3.64. The summed E-state index contributed by atoms with van der Waals surface area (Å²) < 4.78 is 4.84. The molecule has 4 heteroatoms. The lowest BCUT2D eigenvalue weighted by Gasteiger charge is -2.09. The molecule has 0 spiro atoms. The lowest BCUT2D eigenvalue weighted by Crippen LogP contribution is -2.10. The summed E-state index contributed by atoms with van der Waals surface area (Å²) in [5.41, 5.74) is 2.51. The number of rotatable bonds is 4. The lowest BCUT2D eigenvalue weighted by atomic mass is 9.96. The molecule has 1 aromatic carbocycles. The van der Waals surface area contributed by atoms with Crippen LogP contribution in [0.3, 0.4) is 0 Å². The van der Waals surface area contributed by atoms with E-state index in [9.17, 15) is 4.79 Å². The number of aliphatic hydroxyl groups is 1. The van der Waals surface area contributed by atoms with Gasteiger partial charge in [0.25, 0.3) is 0 Å². The molecule has 0 aliphatic rings. The minimum atomic E-state index is -0.347. The van der Waals surface area contributed by atoms with Crippen LogP contribution in [0.1, 0.15) is 29.2 Å². The van der Waals surface area contributed by atoms with Crippen molar-refractivity contribution < 1.29 is 14.6 Å². The van der Waals surface area contributed by atoms with Gasteiger partial charge in [-0.05, 0) is 30.5 Å². The van der Waals surface area contributed by atoms with E-state index in [1.807, 2.05) is 0 Å². The zero-order valence-electron chi connectivity index (χ0n) is 9.99. The van der Waals surface area contributed by atoms with Crippen molar-refractivity contribution in [2.75, 3.05) is 6.61 Å². The summed E-state index contributed by atoms with van der Waals surface area (Å²) in [7, 11) is 0. The number of carbonyl (C=O) groups is 1. The van der Waals surface area contributed by atoms with Crippen LogP contribution < -0.4 is 0 Å². The van der Waals surface area contributed by atoms with Crippen molar-refractivity contribution in [3.63, 3.8) is 0 Å². The first-order chi connectivity index (χ1) is 8.13. The van der Waals surface area contributed by atoms with Gasteiger partial charge in [-0.15, -0.1) is 0 Å². The van der Waals surface area contributed by atoms with Gasteiger partial charge >= 0.3 is 5.97 Å². The number of aliphatic hydroxyl groups excluding tert-OH is 1. The minimum Gasteiger partial charge on any atom is -0.466 e. The smallest absolute Gasteiger partial charge is 0.310 e. The molecule has 0 aliphatic carbocycles. The predicted octanol–water partition coefficient (Wildman–Crippen LogP) is 1.46. The highest BCUT2D eigenvalue weighted by atomic mass is 16.5. The number of hydrogen-bond acceptors (Lipinski definition) is 4. The van der Waals surface area contributed by atoms with Crippen LogP contribution in [0.2, 0.25) is 0 Å². The number of benzene rings is 1. The molecule has 1 rings (SSSR count). The number of carbonyl (C=O) groups excluding carboxylic acids is 1. The first kappa shape index (κ1) is 13.2. The first-order valence-electron chi connectivity index (χ1n) is 5.42. The van der Waals surface area contributed by atoms with Gasteiger partial charge in [0.1, 0.15) is 0 Å². The Morgan fingerprint density at radius 3 is 2.65 bits per heavy atom. The average molecular weight is 233 g/mol. The number of esters is 1. The number of hydrogen-bond donors (Lipinski definition) is 1. The van der Waals surface area contributed by atoms with E-state index in [1.54, 1.807) is 26.0 Å². The molecule has 0 heterocycles. The van der Waals surface area contributed by atoms with E-state index >= 15 is 0 Å². The fourth-order valence-corrected chi connectivity index (χ4v) is 1.65. The third-order valence-corrected chi connectivity index (χ3v) is 2.59. The number of nitriles is 1. The van der Waals surface area contributed by atoms with Crippen molar-refractivity contribution in [3.8, 4) is 6.07 Å². The molecule has 0 amide bonds. The molecule has 1 aromatic rings. The Labute approximate surface area is 100 Å². The van der Waals surface area contributed by atoms with Gasteiger partial charge in [0.05, 0.1) is 31.3 Å². The number of ether oxygens (including phenoxy) is 1. The zero-order valence-corrected chi connectivity index (χ0v) is 9.99. The molecule has 0 bridgehead atoms. The van der Waals surface area contributed by atoms with Crippen LogP contribution >= 0.6 is 0 Å². The lowest BCUT2D eigenvalue weighted by molar-refractivity contribution is -0.142. The summed E-state index contributed by atoms with van der Waals surface area (Å²) in [6.07, 6.45) is 0.0866. The summed E-state index contributed by atoms with van der Waals surface area (Å²) in [5.74, 6) is -0.347. The van der Waals surface area contributed by atoms with Crippen LogP contribution in [-0.4, -0.2) is 17.7 Å². The third kappa shape index (κ3) is 3.05. The van der Waals surface area contributed by atoms with E-state index < -0.39 is 0 Å². The molecule has 1 N–H and O–H groups in total. The van der Waals surface area contributed by atoms with E-state index in [4.69, 9.17) is 15.1 Å². The van der Waals surface area contributed by atoms with E-state index in [0.29, 0.717) is 23.3 Å². The van der Waals surface area contributed by atoms with Gasteiger partial charge < -0.3 is 9.84 Å². The molecule has 17 heavy (non-hydrogen) atoms. The molecular weight excluding hydrogens is 218 g/mol. The second kappa shape index (κ2) is 6.02. The van der Waals surface area contributed by atoms with Gasteiger partial charge in [0.15, 0.2) is 0 Å². The molecule has 0 atom stereocenters. The monoisotopic (exact) mass is 233 g/mol. The van der Waals surface area contributed by atoms with Crippen LogP contribution in [0, 0.1) is 18.3 Å². The summed E-state index contributed by atoms with van der Waals surface area (Å²) >= 11 is 0. The minimum absolute atomic E-state index is 0.0866. The predicted molar refractivity (Wildman–Crippen MR) is 62.2 cm³/mol. The Bertz CT molecular complexity index is 460. The maximum Gasteiger partial charge on any atom is 0.310 e.